The smallest absolute Gasteiger partial charge is 0.325 e. The van der Waals surface area contributed by atoms with Crippen LogP contribution in [0.5, 0.6) is 0 Å². The van der Waals surface area contributed by atoms with Gasteiger partial charge in [-0.25, -0.2) is 0 Å². The molecule has 0 radical (unpaired) electrons. The van der Waals surface area contributed by atoms with Crippen LogP contribution in [0.15, 0.2) is 28.6 Å². The number of amides is 2. The molecule has 0 aliphatic heterocycles. The minimum atomic E-state index is -4.57. The summed E-state index contributed by atoms with van der Waals surface area (Å²) in [4.78, 5) is 24.4. The third-order valence-electron chi connectivity index (χ3n) is 3.32. The van der Waals surface area contributed by atoms with Gasteiger partial charge in [0.05, 0.1) is 22.7 Å². The number of carbonyl (C=O) groups is 2. The Morgan fingerprint density at radius 2 is 1.90 bits per heavy atom. The molecule has 3 aromatic rings. The van der Waals surface area contributed by atoms with E-state index in [0.29, 0.717) is 14.9 Å². The highest BCUT2D eigenvalue weighted by Gasteiger charge is 2.33. The van der Waals surface area contributed by atoms with Crippen molar-refractivity contribution < 1.29 is 22.8 Å². The number of aryl methyl sites for hydroxylation is 1. The third-order valence-corrected chi connectivity index (χ3v) is 6.12. The van der Waals surface area contributed by atoms with Crippen molar-refractivity contribution in [2.75, 3.05) is 16.4 Å². The highest BCUT2D eigenvalue weighted by Crippen LogP contribution is 2.34. The summed E-state index contributed by atoms with van der Waals surface area (Å²) in [6.07, 6.45) is -4.57. The lowest BCUT2D eigenvalue weighted by Gasteiger charge is -2.13. The van der Waals surface area contributed by atoms with Crippen molar-refractivity contribution in [1.29, 1.82) is 0 Å². The van der Waals surface area contributed by atoms with Crippen molar-refractivity contribution in [1.82, 2.24) is 19.8 Å². The van der Waals surface area contributed by atoms with Gasteiger partial charge in [-0.3, -0.25) is 14.9 Å². The lowest BCUT2D eigenvalue weighted by Crippen LogP contribution is -2.18. The topological polar surface area (TPSA) is 110 Å². The largest absolute Gasteiger partial charge is 0.418 e. The van der Waals surface area contributed by atoms with E-state index in [1.165, 1.54) is 18.2 Å². The number of hydrogen-bond acceptors (Lipinski definition) is 9. The van der Waals surface area contributed by atoms with E-state index in [4.69, 9.17) is 0 Å². The summed E-state index contributed by atoms with van der Waals surface area (Å²) in [5, 5.41) is 16.4. The molecule has 0 atom stereocenters. The van der Waals surface area contributed by atoms with Gasteiger partial charge < -0.3 is 5.32 Å². The Bertz CT molecular complexity index is 1040. The monoisotopic (exact) mass is 460 g/mol. The molecule has 2 amide bonds. The van der Waals surface area contributed by atoms with Gasteiger partial charge >= 0.3 is 6.18 Å². The van der Waals surface area contributed by atoms with Crippen molar-refractivity contribution in [2.45, 2.75) is 17.4 Å². The van der Waals surface area contributed by atoms with Crippen LogP contribution in [0.2, 0.25) is 0 Å². The number of benzene rings is 1. The Morgan fingerprint density at radius 1 is 1.14 bits per heavy atom. The molecule has 0 aliphatic rings. The number of thioether (sulfide) groups is 1. The van der Waals surface area contributed by atoms with Crippen LogP contribution in [-0.2, 0) is 11.0 Å². The van der Waals surface area contributed by atoms with Crippen LogP contribution in [0, 0.1) is 6.92 Å². The number of carbonyl (C=O) groups excluding carboxylic acids is 2. The number of nitrogens with one attached hydrogen (secondary N) is 2. The van der Waals surface area contributed by atoms with E-state index >= 15 is 0 Å². The van der Waals surface area contributed by atoms with Crippen molar-refractivity contribution in [3.05, 3.63) is 40.4 Å². The lowest BCUT2D eigenvalue weighted by molar-refractivity contribution is -0.137. The predicted molar refractivity (Wildman–Crippen MR) is 103 cm³/mol. The van der Waals surface area contributed by atoms with Crippen molar-refractivity contribution in [3.63, 3.8) is 0 Å². The van der Waals surface area contributed by atoms with E-state index in [2.05, 4.69) is 30.4 Å². The molecule has 0 saturated heterocycles. The van der Waals surface area contributed by atoms with Crippen LogP contribution < -0.4 is 10.6 Å². The Balaban J connectivity index is 1.56. The highest BCUT2D eigenvalue weighted by molar-refractivity contribution is 8.01. The van der Waals surface area contributed by atoms with Crippen LogP contribution in [-0.4, -0.2) is 37.4 Å². The number of aromatic nitrogens is 4. The summed E-state index contributed by atoms with van der Waals surface area (Å²) in [6.45, 7) is 1.65. The minimum absolute atomic E-state index is 0.174. The molecule has 1 aromatic carbocycles. The summed E-state index contributed by atoms with van der Waals surface area (Å²) >= 11 is 2.97. The zero-order valence-electron chi connectivity index (χ0n) is 14.5. The van der Waals surface area contributed by atoms with E-state index in [-0.39, 0.29) is 16.6 Å². The molecule has 8 nitrogen and oxygen atoms in total. The first kappa shape index (κ1) is 21.1. The van der Waals surface area contributed by atoms with Crippen molar-refractivity contribution in [3.8, 4) is 0 Å². The Kier molecular flexibility index (Phi) is 6.44. The lowest BCUT2D eigenvalue weighted by atomic mass is 10.1. The quantitative estimate of drug-likeness (QED) is 0.426. The summed E-state index contributed by atoms with van der Waals surface area (Å²) < 4.78 is 43.0. The van der Waals surface area contributed by atoms with E-state index in [1.54, 1.807) is 6.92 Å². The fourth-order valence-corrected chi connectivity index (χ4v) is 4.16. The van der Waals surface area contributed by atoms with E-state index in [9.17, 15) is 22.8 Å². The number of para-hydroxylation sites is 1. The summed E-state index contributed by atoms with van der Waals surface area (Å²) in [5.41, 5.74) is -0.751. The van der Waals surface area contributed by atoms with E-state index < -0.39 is 23.6 Å². The normalized spacial score (nSPS) is 11.3. The minimum Gasteiger partial charge on any atom is -0.325 e. The first-order valence-electron chi connectivity index (χ1n) is 7.76. The number of nitrogens with zero attached hydrogens (tertiary/aromatic N) is 4. The molecule has 0 bridgehead atoms. The van der Waals surface area contributed by atoms with Crippen molar-refractivity contribution in [2.24, 2.45) is 0 Å². The van der Waals surface area contributed by atoms with Crippen LogP contribution in [0.4, 0.5) is 24.0 Å². The molecule has 0 unspecified atom stereocenters. The first-order chi connectivity index (χ1) is 13.7. The fourth-order valence-electron chi connectivity index (χ4n) is 2.07. The fraction of sp³-hybridized carbons (Fsp3) is 0.200. The zero-order chi connectivity index (χ0) is 21.0. The first-order valence-corrected chi connectivity index (χ1v) is 10.3. The molecule has 29 heavy (non-hydrogen) atoms. The molecule has 2 aromatic heterocycles. The number of rotatable bonds is 6. The predicted octanol–water partition coefficient (Wildman–Crippen LogP) is 3.70. The van der Waals surface area contributed by atoms with Gasteiger partial charge in [-0.05, 0) is 30.6 Å². The average molecular weight is 460 g/mol. The molecule has 3 rings (SSSR count). The number of alkyl halides is 3. The second-order valence-electron chi connectivity index (χ2n) is 5.39. The second-order valence-corrected chi connectivity index (χ2v) is 8.35. The number of anilines is 2. The second kappa shape index (κ2) is 8.84. The Hall–Kier alpha value is -2.58. The SMILES string of the molecule is Cc1nnsc1C(=O)Nc1nnc(SCC(=O)Nc2ccccc2C(F)(F)F)s1. The molecule has 0 spiro atoms. The van der Waals surface area contributed by atoms with Crippen LogP contribution in [0.25, 0.3) is 0 Å². The molecular formula is C15H11F3N6O2S3. The summed E-state index contributed by atoms with van der Waals surface area (Å²) in [5.74, 6) is -1.22. The van der Waals surface area contributed by atoms with Gasteiger partial charge in [-0.15, -0.1) is 15.3 Å². The van der Waals surface area contributed by atoms with Gasteiger partial charge in [0, 0.05) is 0 Å². The van der Waals surface area contributed by atoms with Crippen LogP contribution in [0.3, 0.4) is 0 Å². The van der Waals surface area contributed by atoms with Crippen molar-refractivity contribution >= 4 is 57.3 Å². The average Bonchev–Trinajstić information content (AvgIpc) is 3.28. The summed E-state index contributed by atoms with van der Waals surface area (Å²) in [7, 11) is 0. The maximum Gasteiger partial charge on any atom is 0.418 e. The van der Waals surface area contributed by atoms with Gasteiger partial charge in [0.25, 0.3) is 5.91 Å². The van der Waals surface area contributed by atoms with Crippen LogP contribution >= 0.6 is 34.6 Å². The summed E-state index contributed by atoms with van der Waals surface area (Å²) in [6, 6.07) is 4.72. The van der Waals surface area contributed by atoms with Gasteiger partial charge in [-0.2, -0.15) is 13.2 Å². The maximum atomic E-state index is 13.0. The molecule has 14 heteroatoms. The molecule has 2 heterocycles. The Morgan fingerprint density at radius 3 is 2.59 bits per heavy atom. The molecule has 0 aliphatic carbocycles. The third kappa shape index (κ3) is 5.48. The molecule has 0 saturated carbocycles. The van der Waals surface area contributed by atoms with Gasteiger partial charge in [0.15, 0.2) is 4.34 Å². The van der Waals surface area contributed by atoms with E-state index in [0.717, 1.165) is 40.7 Å². The highest BCUT2D eigenvalue weighted by atomic mass is 32.2. The molecule has 152 valence electrons. The van der Waals surface area contributed by atoms with Crippen LogP contribution in [0.1, 0.15) is 20.9 Å². The standard InChI is InChI=1S/C15H11F3N6O2S3/c1-7-11(29-24-21-7)12(26)20-13-22-23-14(28-13)27-6-10(25)19-9-5-3-2-4-8(9)15(16,17)18/h2-5H,6H2,1H3,(H,19,25)(H,20,22,26). The van der Waals surface area contributed by atoms with Gasteiger partial charge in [0.1, 0.15) is 4.88 Å². The molecule has 2 N–H and O–H groups in total. The van der Waals surface area contributed by atoms with E-state index in [1.807, 2.05) is 0 Å². The Labute approximate surface area is 174 Å². The number of hydrogen-bond donors (Lipinski definition) is 2. The number of halogens is 3. The van der Waals surface area contributed by atoms with Gasteiger partial charge in [-0.1, -0.05) is 39.7 Å². The van der Waals surface area contributed by atoms with Gasteiger partial charge in [0.2, 0.25) is 11.0 Å². The maximum absolute atomic E-state index is 13.0. The zero-order valence-corrected chi connectivity index (χ0v) is 16.9. The molecular weight excluding hydrogens is 449 g/mol. The molecule has 0 fully saturated rings.